The third-order valence-corrected chi connectivity index (χ3v) is 5.39. The van der Waals surface area contributed by atoms with Crippen LogP contribution in [0.4, 0.5) is 0 Å². The van der Waals surface area contributed by atoms with Gasteiger partial charge in [-0.2, -0.15) is 0 Å². The van der Waals surface area contributed by atoms with Crippen molar-refractivity contribution >= 4 is 0 Å². The summed E-state index contributed by atoms with van der Waals surface area (Å²) in [6, 6.07) is 8.34. The largest absolute Gasteiger partial charge is 0.393 e. The molecule has 0 radical (unpaired) electrons. The van der Waals surface area contributed by atoms with Crippen molar-refractivity contribution in [1.82, 2.24) is 14.9 Å². The number of aromatic nitrogens is 2. The lowest BCUT2D eigenvalue weighted by Crippen LogP contribution is -2.43. The number of nitrogens with zero attached hydrogens (tertiary/aromatic N) is 3. The van der Waals surface area contributed by atoms with Gasteiger partial charge >= 0.3 is 0 Å². The summed E-state index contributed by atoms with van der Waals surface area (Å²) in [6.07, 6.45) is 6.81. The number of nitrogens with two attached hydrogens (primary N) is 1. The Morgan fingerprint density at radius 1 is 1.00 bits per heavy atom. The second-order valence-corrected chi connectivity index (χ2v) is 7.30. The summed E-state index contributed by atoms with van der Waals surface area (Å²) >= 11 is 0. The lowest BCUT2D eigenvalue weighted by molar-refractivity contribution is -0.00624. The highest BCUT2D eigenvalue weighted by Gasteiger charge is 2.38. The number of pyridine rings is 2. The number of aryl methyl sites for hydroxylation is 2. The Hall–Kier alpha value is -1.82. The van der Waals surface area contributed by atoms with E-state index >= 15 is 0 Å². The van der Waals surface area contributed by atoms with Gasteiger partial charge in [-0.15, -0.1) is 0 Å². The standard InChI is InChI=1S/C21H30N4O/c1-15-7-5-10-23-20(15)18-13-17(26)14-19(25(18)12-4-3-9-22)21-16(2)8-6-11-24-21/h5-8,10-11,17-19,26H,3-4,9,12-14,22H2,1-2H3/t17?,18-,19+. The number of unbranched alkanes of at least 4 members (excludes halogenated alkanes) is 1. The van der Waals surface area contributed by atoms with Gasteiger partial charge in [-0.05, 0) is 75.9 Å². The van der Waals surface area contributed by atoms with Crippen LogP contribution in [0, 0.1) is 13.8 Å². The van der Waals surface area contributed by atoms with Crippen molar-refractivity contribution in [2.45, 2.75) is 57.7 Å². The fourth-order valence-electron chi connectivity index (χ4n) is 4.08. The predicted octanol–water partition coefficient (Wildman–Crippen LogP) is 3.07. The summed E-state index contributed by atoms with van der Waals surface area (Å²) in [5, 5.41) is 10.6. The molecule has 5 nitrogen and oxygen atoms in total. The van der Waals surface area contributed by atoms with Crippen LogP contribution in [0.1, 0.15) is 60.3 Å². The molecule has 0 bridgehead atoms. The van der Waals surface area contributed by atoms with Gasteiger partial charge in [-0.3, -0.25) is 14.9 Å². The van der Waals surface area contributed by atoms with Crippen molar-refractivity contribution in [3.8, 4) is 0 Å². The molecule has 3 atom stereocenters. The van der Waals surface area contributed by atoms with Crippen molar-refractivity contribution in [2.24, 2.45) is 5.73 Å². The summed E-state index contributed by atoms with van der Waals surface area (Å²) in [4.78, 5) is 11.8. The van der Waals surface area contributed by atoms with Crippen LogP contribution >= 0.6 is 0 Å². The highest BCUT2D eigenvalue weighted by Crippen LogP contribution is 2.42. The van der Waals surface area contributed by atoms with E-state index in [0.29, 0.717) is 19.4 Å². The SMILES string of the molecule is Cc1cccnc1[C@H]1CC(O)C[C@@H](c2ncccc2C)N1CCCCN. The molecule has 3 heterocycles. The first-order chi connectivity index (χ1) is 12.6. The maximum Gasteiger partial charge on any atom is 0.0605 e. The van der Waals surface area contributed by atoms with Gasteiger partial charge in [-0.25, -0.2) is 0 Å². The number of hydrogen-bond acceptors (Lipinski definition) is 5. The maximum absolute atomic E-state index is 10.6. The molecule has 0 saturated carbocycles. The van der Waals surface area contributed by atoms with Gasteiger partial charge in [0.25, 0.3) is 0 Å². The zero-order valence-corrected chi connectivity index (χ0v) is 15.8. The van der Waals surface area contributed by atoms with Crippen molar-refractivity contribution in [3.05, 3.63) is 59.2 Å². The quantitative estimate of drug-likeness (QED) is 0.780. The number of aliphatic hydroxyl groups excluding tert-OH is 1. The van der Waals surface area contributed by atoms with Gasteiger partial charge in [0.2, 0.25) is 0 Å². The molecule has 1 aliphatic rings. The van der Waals surface area contributed by atoms with E-state index in [4.69, 9.17) is 5.73 Å². The highest BCUT2D eigenvalue weighted by atomic mass is 16.3. The number of aliphatic hydroxyl groups is 1. The molecule has 1 aliphatic heterocycles. The van der Waals surface area contributed by atoms with Gasteiger partial charge < -0.3 is 10.8 Å². The second kappa shape index (κ2) is 8.71. The van der Waals surface area contributed by atoms with Crippen LogP contribution in [-0.4, -0.2) is 39.2 Å². The Kier molecular flexibility index (Phi) is 6.35. The zero-order valence-electron chi connectivity index (χ0n) is 15.8. The average molecular weight is 354 g/mol. The second-order valence-electron chi connectivity index (χ2n) is 7.30. The molecule has 0 amide bonds. The van der Waals surface area contributed by atoms with E-state index in [2.05, 4.69) is 40.8 Å². The summed E-state index contributed by atoms with van der Waals surface area (Å²) in [5.74, 6) is 0. The monoisotopic (exact) mass is 354 g/mol. The van der Waals surface area contributed by atoms with Crippen LogP contribution in [0.25, 0.3) is 0 Å². The van der Waals surface area contributed by atoms with E-state index in [0.717, 1.165) is 30.8 Å². The van der Waals surface area contributed by atoms with Crippen molar-refractivity contribution < 1.29 is 5.11 Å². The molecule has 140 valence electrons. The molecule has 2 aromatic heterocycles. The average Bonchev–Trinajstić information content (AvgIpc) is 2.63. The van der Waals surface area contributed by atoms with Crippen LogP contribution in [0.5, 0.6) is 0 Å². The van der Waals surface area contributed by atoms with Crippen LogP contribution < -0.4 is 5.73 Å². The first-order valence-electron chi connectivity index (χ1n) is 9.58. The molecule has 1 fully saturated rings. The minimum Gasteiger partial charge on any atom is -0.393 e. The van der Waals surface area contributed by atoms with E-state index in [1.54, 1.807) is 0 Å². The van der Waals surface area contributed by atoms with Crippen molar-refractivity contribution in [3.63, 3.8) is 0 Å². The Balaban J connectivity index is 1.98. The molecule has 1 unspecified atom stereocenters. The first-order valence-corrected chi connectivity index (χ1v) is 9.58. The zero-order chi connectivity index (χ0) is 18.5. The molecule has 0 aromatic carbocycles. The van der Waals surface area contributed by atoms with Crippen LogP contribution in [0.2, 0.25) is 0 Å². The van der Waals surface area contributed by atoms with E-state index in [-0.39, 0.29) is 18.2 Å². The normalized spacial score (nSPS) is 23.9. The minimum absolute atomic E-state index is 0.101. The Morgan fingerprint density at radius 2 is 1.54 bits per heavy atom. The van der Waals surface area contributed by atoms with Gasteiger partial charge in [0.15, 0.2) is 0 Å². The number of rotatable bonds is 6. The van der Waals surface area contributed by atoms with Crippen LogP contribution in [-0.2, 0) is 0 Å². The lowest BCUT2D eigenvalue weighted by Gasteiger charge is -2.44. The smallest absolute Gasteiger partial charge is 0.0605 e. The van der Waals surface area contributed by atoms with Gasteiger partial charge in [0.1, 0.15) is 0 Å². The van der Waals surface area contributed by atoms with E-state index in [1.807, 2.05) is 24.5 Å². The van der Waals surface area contributed by atoms with Crippen molar-refractivity contribution in [1.29, 1.82) is 0 Å². The van der Waals surface area contributed by atoms with Gasteiger partial charge in [-0.1, -0.05) is 12.1 Å². The van der Waals surface area contributed by atoms with Crippen molar-refractivity contribution in [2.75, 3.05) is 13.1 Å². The molecule has 3 rings (SSSR count). The summed E-state index contributed by atoms with van der Waals surface area (Å²) in [7, 11) is 0. The molecule has 26 heavy (non-hydrogen) atoms. The molecule has 5 heteroatoms. The molecular weight excluding hydrogens is 324 g/mol. The number of piperidine rings is 1. The topological polar surface area (TPSA) is 75.3 Å². The predicted molar refractivity (Wildman–Crippen MR) is 104 cm³/mol. The Bertz CT molecular complexity index is 665. The van der Waals surface area contributed by atoms with E-state index in [9.17, 15) is 5.11 Å². The van der Waals surface area contributed by atoms with E-state index in [1.165, 1.54) is 11.1 Å². The minimum atomic E-state index is -0.349. The molecule has 0 spiro atoms. The summed E-state index contributed by atoms with van der Waals surface area (Å²) in [6.45, 7) is 5.84. The van der Waals surface area contributed by atoms with Gasteiger partial charge in [0.05, 0.1) is 29.6 Å². The maximum atomic E-state index is 10.6. The summed E-state index contributed by atoms with van der Waals surface area (Å²) < 4.78 is 0. The fourth-order valence-corrected chi connectivity index (χ4v) is 4.08. The van der Waals surface area contributed by atoms with Crippen LogP contribution in [0.3, 0.4) is 0 Å². The van der Waals surface area contributed by atoms with Gasteiger partial charge in [0, 0.05) is 12.4 Å². The number of likely N-dealkylation sites (tertiary alicyclic amines) is 1. The molecule has 3 N–H and O–H groups in total. The third-order valence-electron chi connectivity index (χ3n) is 5.39. The first kappa shape index (κ1) is 19.0. The Labute approximate surface area is 156 Å². The van der Waals surface area contributed by atoms with Crippen LogP contribution in [0.15, 0.2) is 36.7 Å². The highest BCUT2D eigenvalue weighted by molar-refractivity contribution is 5.26. The Morgan fingerprint density at radius 3 is 2.00 bits per heavy atom. The lowest BCUT2D eigenvalue weighted by atomic mass is 9.87. The molecular formula is C21H30N4O. The molecule has 2 aromatic rings. The molecule has 1 saturated heterocycles. The molecule has 0 aliphatic carbocycles. The summed E-state index contributed by atoms with van der Waals surface area (Å²) in [5.41, 5.74) is 10.2. The third kappa shape index (κ3) is 4.11. The van der Waals surface area contributed by atoms with E-state index < -0.39 is 0 Å². The fraction of sp³-hybridized carbons (Fsp3) is 0.524. The number of hydrogen-bond donors (Lipinski definition) is 2.